The van der Waals surface area contributed by atoms with Crippen molar-refractivity contribution in [1.29, 1.82) is 0 Å². The third kappa shape index (κ3) is 4.08. The number of hydrogen-bond donors (Lipinski definition) is 1. The van der Waals surface area contributed by atoms with Gasteiger partial charge in [-0.2, -0.15) is 0 Å². The standard InChI is InChI=1S/C23H26FNO3/c1-13(2)23(16-6-8-17(24)9-7-16)25-20(27)12-28-19-10-5-14(3)21-15(4)11-18(26)22(19)21/h5-10,13,15,23H,11-12H2,1-4H3,(H,25,27)/t15-,23-/m1/s1. The van der Waals surface area contributed by atoms with E-state index in [0.29, 0.717) is 17.7 Å². The number of aryl methyl sites for hydroxylation is 1. The van der Waals surface area contributed by atoms with Crippen LogP contribution in [-0.4, -0.2) is 18.3 Å². The van der Waals surface area contributed by atoms with Crippen LogP contribution in [0.1, 0.15) is 66.2 Å². The van der Waals surface area contributed by atoms with Gasteiger partial charge in [0.2, 0.25) is 0 Å². The van der Waals surface area contributed by atoms with Crippen molar-refractivity contribution in [3.05, 3.63) is 64.5 Å². The summed E-state index contributed by atoms with van der Waals surface area (Å²) >= 11 is 0. The Balaban J connectivity index is 1.71. The lowest BCUT2D eigenvalue weighted by atomic mass is 9.96. The second-order valence-corrected chi connectivity index (χ2v) is 7.83. The SMILES string of the molecule is Cc1ccc(OCC(=O)N[C@@H](c2ccc(F)cc2)C(C)C)c2c1[C@H](C)CC2=O. The molecule has 1 N–H and O–H groups in total. The molecule has 1 amide bonds. The van der Waals surface area contributed by atoms with Gasteiger partial charge < -0.3 is 10.1 Å². The Morgan fingerprint density at radius 2 is 1.89 bits per heavy atom. The Kier molecular flexibility index (Phi) is 5.82. The van der Waals surface area contributed by atoms with Gasteiger partial charge in [0.05, 0.1) is 11.6 Å². The summed E-state index contributed by atoms with van der Waals surface area (Å²) in [6.07, 6.45) is 0.475. The Hall–Kier alpha value is -2.69. The van der Waals surface area contributed by atoms with Crippen LogP contribution < -0.4 is 10.1 Å². The van der Waals surface area contributed by atoms with Crippen molar-refractivity contribution in [3.63, 3.8) is 0 Å². The van der Waals surface area contributed by atoms with E-state index in [9.17, 15) is 14.0 Å². The quantitative estimate of drug-likeness (QED) is 0.785. The van der Waals surface area contributed by atoms with Crippen molar-refractivity contribution >= 4 is 11.7 Å². The molecule has 0 aliphatic heterocycles. The van der Waals surface area contributed by atoms with Crippen molar-refractivity contribution in [2.45, 2.75) is 46.1 Å². The average Bonchev–Trinajstić information content (AvgIpc) is 2.95. The highest BCUT2D eigenvalue weighted by atomic mass is 19.1. The third-order valence-electron chi connectivity index (χ3n) is 5.26. The van der Waals surface area contributed by atoms with E-state index in [0.717, 1.165) is 16.7 Å². The number of fused-ring (bicyclic) bond motifs is 1. The Labute approximate surface area is 165 Å². The number of carbonyl (C=O) groups excluding carboxylic acids is 2. The highest BCUT2D eigenvalue weighted by Gasteiger charge is 2.31. The Morgan fingerprint density at radius 3 is 2.54 bits per heavy atom. The predicted octanol–water partition coefficient (Wildman–Crippen LogP) is 4.72. The average molecular weight is 383 g/mol. The largest absolute Gasteiger partial charge is 0.483 e. The molecule has 1 aliphatic rings. The molecule has 0 saturated heterocycles. The molecule has 0 aromatic heterocycles. The smallest absolute Gasteiger partial charge is 0.258 e. The molecule has 0 unspecified atom stereocenters. The number of ether oxygens (including phenoxy) is 1. The fourth-order valence-electron chi connectivity index (χ4n) is 3.89. The molecular formula is C23H26FNO3. The van der Waals surface area contributed by atoms with E-state index >= 15 is 0 Å². The summed E-state index contributed by atoms with van der Waals surface area (Å²) in [5.74, 6) is 0.231. The second kappa shape index (κ2) is 8.13. The number of benzene rings is 2. The lowest BCUT2D eigenvalue weighted by molar-refractivity contribution is -0.124. The number of nitrogens with one attached hydrogen (secondary N) is 1. The molecule has 28 heavy (non-hydrogen) atoms. The molecule has 2 atom stereocenters. The maximum Gasteiger partial charge on any atom is 0.258 e. The van der Waals surface area contributed by atoms with Gasteiger partial charge >= 0.3 is 0 Å². The topological polar surface area (TPSA) is 55.4 Å². The molecule has 3 rings (SSSR count). The van der Waals surface area contributed by atoms with Crippen LogP contribution in [0.3, 0.4) is 0 Å². The van der Waals surface area contributed by atoms with E-state index in [2.05, 4.69) is 5.32 Å². The highest BCUT2D eigenvalue weighted by Crippen LogP contribution is 2.40. The summed E-state index contributed by atoms with van der Waals surface area (Å²) in [5, 5.41) is 2.95. The van der Waals surface area contributed by atoms with Crippen LogP contribution in [0, 0.1) is 18.7 Å². The van der Waals surface area contributed by atoms with E-state index < -0.39 is 0 Å². The summed E-state index contributed by atoms with van der Waals surface area (Å²) in [6.45, 7) is 7.81. The summed E-state index contributed by atoms with van der Waals surface area (Å²) in [6, 6.07) is 9.56. The molecule has 0 heterocycles. The number of carbonyl (C=O) groups is 2. The van der Waals surface area contributed by atoms with Crippen molar-refractivity contribution in [2.75, 3.05) is 6.61 Å². The zero-order valence-corrected chi connectivity index (χ0v) is 16.7. The van der Waals surface area contributed by atoms with Gasteiger partial charge in [-0.05, 0) is 53.6 Å². The fraction of sp³-hybridized carbons (Fsp3) is 0.391. The van der Waals surface area contributed by atoms with Gasteiger partial charge in [-0.25, -0.2) is 4.39 Å². The molecule has 0 radical (unpaired) electrons. The molecule has 1 aliphatic carbocycles. The normalized spacial score (nSPS) is 16.8. The van der Waals surface area contributed by atoms with E-state index in [1.54, 1.807) is 18.2 Å². The van der Waals surface area contributed by atoms with Gasteiger partial charge in [0.25, 0.3) is 5.91 Å². The summed E-state index contributed by atoms with van der Waals surface area (Å²) in [4.78, 5) is 24.9. The summed E-state index contributed by atoms with van der Waals surface area (Å²) < 4.78 is 18.9. The van der Waals surface area contributed by atoms with E-state index in [1.807, 2.05) is 33.8 Å². The first kappa shape index (κ1) is 20.1. The summed E-state index contributed by atoms with van der Waals surface area (Å²) in [7, 11) is 0. The minimum atomic E-state index is -0.312. The number of ketones is 1. The molecule has 148 valence electrons. The molecule has 0 bridgehead atoms. The Bertz CT molecular complexity index is 889. The molecular weight excluding hydrogens is 357 g/mol. The number of hydrogen-bond acceptors (Lipinski definition) is 3. The minimum Gasteiger partial charge on any atom is -0.483 e. The predicted molar refractivity (Wildman–Crippen MR) is 106 cm³/mol. The third-order valence-corrected chi connectivity index (χ3v) is 5.26. The van der Waals surface area contributed by atoms with Crippen LogP contribution in [0.4, 0.5) is 4.39 Å². The van der Waals surface area contributed by atoms with E-state index in [4.69, 9.17) is 4.74 Å². The zero-order chi connectivity index (χ0) is 20.4. The molecule has 5 heteroatoms. The number of amides is 1. The van der Waals surface area contributed by atoms with Gasteiger partial charge in [-0.3, -0.25) is 9.59 Å². The molecule has 2 aromatic carbocycles. The van der Waals surface area contributed by atoms with Gasteiger partial charge in [-0.1, -0.05) is 39.0 Å². The van der Waals surface area contributed by atoms with Crippen molar-refractivity contribution in [1.82, 2.24) is 5.32 Å². The van der Waals surface area contributed by atoms with Crippen molar-refractivity contribution in [2.24, 2.45) is 5.92 Å². The van der Waals surface area contributed by atoms with Crippen LogP contribution in [-0.2, 0) is 4.79 Å². The molecule has 0 spiro atoms. The lowest BCUT2D eigenvalue weighted by Crippen LogP contribution is -2.35. The monoisotopic (exact) mass is 383 g/mol. The van der Waals surface area contributed by atoms with Crippen molar-refractivity contribution < 1.29 is 18.7 Å². The van der Waals surface area contributed by atoms with Crippen LogP contribution in [0.2, 0.25) is 0 Å². The summed E-state index contributed by atoms with van der Waals surface area (Å²) in [5.41, 5.74) is 3.54. The van der Waals surface area contributed by atoms with E-state index in [-0.39, 0.29) is 42.0 Å². The van der Waals surface area contributed by atoms with Gasteiger partial charge in [-0.15, -0.1) is 0 Å². The first-order valence-electron chi connectivity index (χ1n) is 9.62. The minimum absolute atomic E-state index is 0.0629. The highest BCUT2D eigenvalue weighted by molar-refractivity contribution is 6.04. The van der Waals surface area contributed by atoms with Gasteiger partial charge in [0, 0.05) is 6.42 Å². The van der Waals surface area contributed by atoms with Crippen LogP contribution >= 0.6 is 0 Å². The number of halogens is 1. The number of rotatable bonds is 6. The van der Waals surface area contributed by atoms with E-state index in [1.165, 1.54) is 12.1 Å². The first-order valence-corrected chi connectivity index (χ1v) is 9.62. The van der Waals surface area contributed by atoms with Crippen molar-refractivity contribution in [3.8, 4) is 5.75 Å². The van der Waals surface area contributed by atoms with Crippen LogP contribution in [0.25, 0.3) is 0 Å². The van der Waals surface area contributed by atoms with Gasteiger partial charge in [0.15, 0.2) is 12.4 Å². The van der Waals surface area contributed by atoms with Crippen LogP contribution in [0.15, 0.2) is 36.4 Å². The maximum atomic E-state index is 13.2. The van der Waals surface area contributed by atoms with Crippen LogP contribution in [0.5, 0.6) is 5.75 Å². The maximum absolute atomic E-state index is 13.2. The number of Topliss-reactive ketones (excluding diaryl/α,β-unsaturated/α-hetero) is 1. The Morgan fingerprint density at radius 1 is 1.21 bits per heavy atom. The zero-order valence-electron chi connectivity index (χ0n) is 16.7. The van der Waals surface area contributed by atoms with Gasteiger partial charge in [0.1, 0.15) is 11.6 Å². The molecule has 0 fully saturated rings. The molecule has 4 nitrogen and oxygen atoms in total. The second-order valence-electron chi connectivity index (χ2n) is 7.83. The molecule has 2 aromatic rings. The first-order chi connectivity index (χ1) is 13.3. The lowest BCUT2D eigenvalue weighted by Gasteiger charge is -2.23. The fourth-order valence-corrected chi connectivity index (χ4v) is 3.89. The molecule has 0 saturated carbocycles.